The van der Waals surface area contributed by atoms with E-state index in [1.807, 2.05) is 0 Å². The molecule has 0 saturated heterocycles. The van der Waals surface area contributed by atoms with E-state index < -0.39 is 24.4 Å². The average Bonchev–Trinajstić information content (AvgIpc) is 2.16. The second-order valence-electron chi connectivity index (χ2n) is 3.18. The molecule has 1 aliphatic rings. The molecular weight excluding hydrogens is 172 g/mol. The molecule has 0 bridgehead atoms. The summed E-state index contributed by atoms with van der Waals surface area (Å²) in [7, 11) is 0. The average molecular weight is 186 g/mol. The molecule has 4 nitrogen and oxygen atoms in total. The minimum Gasteiger partial charge on any atom is -0.394 e. The predicted molar refractivity (Wildman–Crippen MR) is 46.9 cm³/mol. The molecule has 0 aliphatic heterocycles. The Bertz CT molecular complexity index is 224. The summed E-state index contributed by atoms with van der Waals surface area (Å²) < 4.78 is 0. The first-order chi connectivity index (χ1) is 6.10. The van der Waals surface area contributed by atoms with Crippen molar-refractivity contribution in [3.8, 4) is 0 Å². The van der Waals surface area contributed by atoms with Gasteiger partial charge in [0.15, 0.2) is 0 Å². The number of aliphatic hydroxyl groups excluding tert-OH is 3. The third-order valence-corrected chi connectivity index (χ3v) is 2.14. The third-order valence-electron chi connectivity index (χ3n) is 2.14. The lowest BCUT2D eigenvalue weighted by atomic mass is 9.87. The van der Waals surface area contributed by atoms with E-state index in [0.717, 1.165) is 0 Å². The molecule has 0 fully saturated rings. The fourth-order valence-corrected chi connectivity index (χ4v) is 1.28. The molecule has 1 aliphatic carbocycles. The molecule has 0 radical (unpaired) electrons. The van der Waals surface area contributed by atoms with Gasteiger partial charge in [-0.25, -0.2) is 0 Å². The molecule has 0 saturated carbocycles. The smallest absolute Gasteiger partial charge is 0.115 e. The second-order valence-corrected chi connectivity index (χ2v) is 3.18. The lowest BCUT2D eigenvalue weighted by molar-refractivity contribution is -0.110. The lowest BCUT2D eigenvalue weighted by Crippen LogP contribution is -2.49. The summed E-state index contributed by atoms with van der Waals surface area (Å²) in [4.78, 5) is 0. The van der Waals surface area contributed by atoms with Crippen molar-refractivity contribution < 1.29 is 20.4 Å². The van der Waals surface area contributed by atoms with Crippen LogP contribution in [-0.4, -0.2) is 44.8 Å². The highest BCUT2D eigenvalue weighted by Crippen LogP contribution is 2.23. The van der Waals surface area contributed by atoms with E-state index in [0.29, 0.717) is 0 Å². The van der Waals surface area contributed by atoms with Gasteiger partial charge in [0, 0.05) is 6.42 Å². The summed E-state index contributed by atoms with van der Waals surface area (Å²) in [5.41, 5.74) is -1.46. The van der Waals surface area contributed by atoms with Gasteiger partial charge in [0.1, 0.15) is 17.8 Å². The maximum Gasteiger partial charge on any atom is 0.115 e. The van der Waals surface area contributed by atoms with Crippen molar-refractivity contribution in [2.45, 2.75) is 24.2 Å². The zero-order valence-electron chi connectivity index (χ0n) is 7.17. The van der Waals surface area contributed by atoms with Crippen molar-refractivity contribution in [2.24, 2.45) is 0 Å². The molecule has 3 atom stereocenters. The minimum atomic E-state index is -1.46. The van der Waals surface area contributed by atoms with Crippen LogP contribution in [0.4, 0.5) is 0 Å². The summed E-state index contributed by atoms with van der Waals surface area (Å²) in [6.07, 6.45) is 3.99. The first kappa shape index (κ1) is 10.4. The largest absolute Gasteiger partial charge is 0.394 e. The fourth-order valence-electron chi connectivity index (χ4n) is 1.28. The van der Waals surface area contributed by atoms with E-state index in [1.165, 1.54) is 6.08 Å². The van der Waals surface area contributed by atoms with Crippen LogP contribution in [0.5, 0.6) is 0 Å². The number of hydrogen-bond acceptors (Lipinski definition) is 4. The molecule has 13 heavy (non-hydrogen) atoms. The van der Waals surface area contributed by atoms with Crippen LogP contribution in [0.2, 0.25) is 0 Å². The quantitative estimate of drug-likeness (QED) is 0.453. The molecule has 3 unspecified atom stereocenters. The molecule has 0 amide bonds. The van der Waals surface area contributed by atoms with Gasteiger partial charge in [0.25, 0.3) is 0 Å². The standard InChI is InChI=1S/C9H14O4/c10-6-7(11)8(12)9(13)4-2-1-3-5-9/h1-4,7-8,10-13H,5-6H2. The van der Waals surface area contributed by atoms with Crippen LogP contribution >= 0.6 is 0 Å². The number of hydrogen-bond donors (Lipinski definition) is 4. The number of allylic oxidation sites excluding steroid dienone is 2. The van der Waals surface area contributed by atoms with Crippen LogP contribution < -0.4 is 0 Å². The van der Waals surface area contributed by atoms with Crippen LogP contribution in [-0.2, 0) is 0 Å². The monoisotopic (exact) mass is 186 g/mol. The molecular formula is C9H14O4. The normalized spacial score (nSPS) is 31.7. The molecule has 0 spiro atoms. The van der Waals surface area contributed by atoms with Crippen molar-refractivity contribution in [1.29, 1.82) is 0 Å². The summed E-state index contributed by atoms with van der Waals surface area (Å²) in [5, 5.41) is 37.0. The number of rotatable bonds is 3. The van der Waals surface area contributed by atoms with Crippen LogP contribution in [0.3, 0.4) is 0 Å². The Balaban J connectivity index is 2.69. The van der Waals surface area contributed by atoms with Crippen molar-refractivity contribution in [1.82, 2.24) is 0 Å². The first-order valence-electron chi connectivity index (χ1n) is 4.14. The van der Waals surface area contributed by atoms with Crippen LogP contribution in [0, 0.1) is 0 Å². The minimum absolute atomic E-state index is 0.238. The third kappa shape index (κ3) is 2.16. The van der Waals surface area contributed by atoms with Crippen molar-refractivity contribution >= 4 is 0 Å². The Hall–Kier alpha value is -0.680. The summed E-state index contributed by atoms with van der Waals surface area (Å²) in [6.45, 7) is -0.568. The maximum absolute atomic E-state index is 9.78. The van der Waals surface area contributed by atoms with Crippen molar-refractivity contribution in [3.63, 3.8) is 0 Å². The Labute approximate surface area is 76.5 Å². The highest BCUT2D eigenvalue weighted by atomic mass is 16.4. The van der Waals surface area contributed by atoms with Gasteiger partial charge in [0.05, 0.1) is 6.61 Å². The Morgan fingerprint density at radius 1 is 1.31 bits per heavy atom. The Kier molecular flexibility index (Phi) is 3.22. The van der Waals surface area contributed by atoms with Crippen LogP contribution in [0.15, 0.2) is 24.3 Å². The highest BCUT2D eigenvalue weighted by Gasteiger charge is 2.37. The SMILES string of the molecule is OCC(O)C(O)C1(O)C=CC=CC1. The van der Waals surface area contributed by atoms with Crippen LogP contribution in [0.1, 0.15) is 6.42 Å². The fraction of sp³-hybridized carbons (Fsp3) is 0.556. The molecule has 1 rings (SSSR count). The van der Waals surface area contributed by atoms with E-state index in [2.05, 4.69) is 0 Å². The second kappa shape index (κ2) is 4.02. The molecule has 0 aromatic heterocycles. The van der Waals surface area contributed by atoms with Gasteiger partial charge in [-0.05, 0) is 0 Å². The lowest BCUT2D eigenvalue weighted by Gasteiger charge is -2.32. The molecule has 4 heteroatoms. The molecule has 0 aromatic carbocycles. The number of aliphatic hydroxyl groups is 4. The zero-order chi connectivity index (χ0) is 9.90. The Morgan fingerprint density at radius 2 is 2.00 bits per heavy atom. The van der Waals surface area contributed by atoms with E-state index in [-0.39, 0.29) is 6.42 Å². The van der Waals surface area contributed by atoms with Gasteiger partial charge in [-0.1, -0.05) is 24.3 Å². The zero-order valence-corrected chi connectivity index (χ0v) is 7.17. The molecule has 4 N–H and O–H groups in total. The summed E-state index contributed by atoms with van der Waals surface area (Å²) in [5.74, 6) is 0. The molecule has 74 valence electrons. The topological polar surface area (TPSA) is 80.9 Å². The molecule has 0 aromatic rings. The first-order valence-corrected chi connectivity index (χ1v) is 4.14. The van der Waals surface area contributed by atoms with Crippen molar-refractivity contribution in [2.75, 3.05) is 6.61 Å². The summed E-state index contributed by atoms with van der Waals surface area (Å²) in [6, 6.07) is 0. The Morgan fingerprint density at radius 3 is 2.46 bits per heavy atom. The highest BCUT2D eigenvalue weighted by molar-refractivity contribution is 5.20. The van der Waals surface area contributed by atoms with Gasteiger partial charge < -0.3 is 20.4 Å². The van der Waals surface area contributed by atoms with Gasteiger partial charge in [0.2, 0.25) is 0 Å². The maximum atomic E-state index is 9.78. The summed E-state index contributed by atoms with van der Waals surface area (Å²) >= 11 is 0. The van der Waals surface area contributed by atoms with E-state index in [1.54, 1.807) is 18.2 Å². The van der Waals surface area contributed by atoms with Gasteiger partial charge in [-0.15, -0.1) is 0 Å². The van der Waals surface area contributed by atoms with E-state index in [4.69, 9.17) is 10.2 Å². The van der Waals surface area contributed by atoms with Gasteiger partial charge in [-0.2, -0.15) is 0 Å². The van der Waals surface area contributed by atoms with Crippen LogP contribution in [0.25, 0.3) is 0 Å². The van der Waals surface area contributed by atoms with Gasteiger partial charge in [-0.3, -0.25) is 0 Å². The predicted octanol–water partition coefficient (Wildman–Crippen LogP) is -1.05. The van der Waals surface area contributed by atoms with Gasteiger partial charge >= 0.3 is 0 Å². The van der Waals surface area contributed by atoms with E-state index in [9.17, 15) is 10.2 Å². The van der Waals surface area contributed by atoms with E-state index >= 15 is 0 Å². The van der Waals surface area contributed by atoms with Crippen molar-refractivity contribution in [3.05, 3.63) is 24.3 Å². The molecule has 0 heterocycles.